The maximum absolute atomic E-state index is 12.9. The number of aromatic nitrogens is 3. The second-order valence-electron chi connectivity index (χ2n) is 10.6. The van der Waals surface area contributed by atoms with Crippen molar-refractivity contribution in [2.24, 2.45) is 13.0 Å². The number of hydrogen-bond acceptors (Lipinski definition) is 3. The molecule has 0 spiro atoms. The van der Waals surface area contributed by atoms with E-state index >= 15 is 0 Å². The van der Waals surface area contributed by atoms with E-state index in [1.165, 1.54) is 12.1 Å². The predicted octanol–water partition coefficient (Wildman–Crippen LogP) is 6.25. The first-order chi connectivity index (χ1) is 16.1. The Morgan fingerprint density at radius 3 is 2.34 bits per heavy atom. The number of likely N-dealkylation sites (tertiary alicyclic amines) is 1. The summed E-state index contributed by atoms with van der Waals surface area (Å²) < 4.78 is 40.9. The fourth-order valence-corrected chi connectivity index (χ4v) is 5.81. The van der Waals surface area contributed by atoms with Gasteiger partial charge in [-0.2, -0.15) is 13.2 Å². The van der Waals surface area contributed by atoms with Gasteiger partial charge in [0.1, 0.15) is 5.82 Å². The largest absolute Gasteiger partial charge is 0.416 e. The molecule has 3 aromatic rings. The lowest BCUT2D eigenvalue weighted by atomic mass is 9.86. The van der Waals surface area contributed by atoms with Crippen molar-refractivity contribution in [3.8, 4) is 11.4 Å². The second-order valence-corrected chi connectivity index (χ2v) is 10.6. The molecule has 0 radical (unpaired) electrons. The van der Waals surface area contributed by atoms with Crippen LogP contribution in [0.15, 0.2) is 54.6 Å². The van der Waals surface area contributed by atoms with Gasteiger partial charge in [0.05, 0.1) is 5.56 Å². The molecule has 8 heteroatoms. The van der Waals surface area contributed by atoms with Crippen LogP contribution in [0.2, 0.25) is 0 Å². The summed E-state index contributed by atoms with van der Waals surface area (Å²) in [4.78, 5) is 2.48. The van der Waals surface area contributed by atoms with Gasteiger partial charge in [0.2, 0.25) is 0 Å². The van der Waals surface area contributed by atoms with Crippen LogP contribution in [0.25, 0.3) is 11.4 Å². The third kappa shape index (κ3) is 4.85. The molecule has 1 aromatic heterocycles. The molecule has 2 aromatic carbocycles. The zero-order valence-electron chi connectivity index (χ0n) is 20.3. The van der Waals surface area contributed by atoms with E-state index in [0.717, 1.165) is 61.7 Å². The van der Waals surface area contributed by atoms with E-state index in [2.05, 4.69) is 33.5 Å². The van der Waals surface area contributed by atoms with Gasteiger partial charge in [0, 0.05) is 36.5 Å². The Morgan fingerprint density at radius 2 is 1.69 bits per heavy atom. The lowest BCUT2D eigenvalue weighted by molar-refractivity contribution is -0.137. The van der Waals surface area contributed by atoms with Crippen LogP contribution >= 0.6 is 12.4 Å². The smallest absolute Gasteiger partial charge is 0.314 e. The molecular formula is C27H32ClF3N4. The van der Waals surface area contributed by atoms with Gasteiger partial charge in [-0.3, -0.25) is 0 Å². The van der Waals surface area contributed by atoms with Gasteiger partial charge in [-0.15, -0.1) is 22.6 Å². The van der Waals surface area contributed by atoms with Gasteiger partial charge in [-0.05, 0) is 49.4 Å². The Kier molecular flexibility index (Phi) is 6.79. The molecule has 2 atom stereocenters. The molecule has 5 rings (SSSR count). The van der Waals surface area contributed by atoms with Crippen LogP contribution < -0.4 is 0 Å². The predicted molar refractivity (Wildman–Crippen MR) is 134 cm³/mol. The van der Waals surface area contributed by atoms with E-state index < -0.39 is 11.7 Å². The molecule has 1 aliphatic heterocycles. The number of hydrogen-bond donors (Lipinski definition) is 0. The molecule has 0 unspecified atom stereocenters. The number of fused-ring (bicyclic) bond motifs is 1. The van der Waals surface area contributed by atoms with Crippen molar-refractivity contribution in [2.75, 3.05) is 19.6 Å². The van der Waals surface area contributed by atoms with Gasteiger partial charge in [-0.1, -0.05) is 56.3 Å². The minimum atomic E-state index is -4.28. The van der Waals surface area contributed by atoms with E-state index in [0.29, 0.717) is 5.92 Å². The summed E-state index contributed by atoms with van der Waals surface area (Å²) in [5.74, 6) is 2.42. The number of benzene rings is 2. The van der Waals surface area contributed by atoms with Crippen molar-refractivity contribution in [2.45, 2.75) is 50.1 Å². The zero-order valence-corrected chi connectivity index (χ0v) is 21.2. The third-order valence-electron chi connectivity index (χ3n) is 7.79. The third-order valence-corrected chi connectivity index (χ3v) is 7.79. The van der Waals surface area contributed by atoms with Gasteiger partial charge in [0.15, 0.2) is 5.82 Å². The van der Waals surface area contributed by atoms with Crippen LogP contribution in [0.4, 0.5) is 13.2 Å². The van der Waals surface area contributed by atoms with Crippen LogP contribution in [0, 0.1) is 5.92 Å². The average molecular weight is 505 g/mol. The van der Waals surface area contributed by atoms with Gasteiger partial charge in [-0.25, -0.2) is 0 Å². The first-order valence-corrected chi connectivity index (χ1v) is 12.0. The van der Waals surface area contributed by atoms with E-state index in [1.807, 2.05) is 37.4 Å². The van der Waals surface area contributed by atoms with Crippen molar-refractivity contribution in [3.05, 3.63) is 71.5 Å². The molecule has 35 heavy (non-hydrogen) atoms. The van der Waals surface area contributed by atoms with E-state index in [1.54, 1.807) is 12.1 Å². The van der Waals surface area contributed by atoms with Gasteiger partial charge < -0.3 is 9.47 Å². The van der Waals surface area contributed by atoms with Crippen molar-refractivity contribution in [1.82, 2.24) is 19.7 Å². The minimum absolute atomic E-state index is 0. The van der Waals surface area contributed by atoms with Crippen LogP contribution in [0.3, 0.4) is 0 Å². The average Bonchev–Trinajstić information content (AvgIpc) is 3.15. The van der Waals surface area contributed by atoms with Crippen LogP contribution in [-0.2, 0) is 24.1 Å². The molecule has 2 heterocycles. The van der Waals surface area contributed by atoms with E-state index in [9.17, 15) is 13.2 Å². The molecule has 188 valence electrons. The maximum Gasteiger partial charge on any atom is 0.416 e. The summed E-state index contributed by atoms with van der Waals surface area (Å²) >= 11 is 0. The molecule has 2 aliphatic rings. The van der Waals surface area contributed by atoms with Crippen molar-refractivity contribution >= 4 is 12.4 Å². The highest BCUT2D eigenvalue weighted by Gasteiger charge is 2.60. The Labute approximate surface area is 211 Å². The Balaban J connectivity index is 0.00000289. The lowest BCUT2D eigenvalue weighted by Crippen LogP contribution is -2.29. The lowest BCUT2D eigenvalue weighted by Gasteiger charge is -2.26. The molecular weight excluding hydrogens is 473 g/mol. The SMILES string of the molecule is Cl.Cn1c(-c2ccccc2)nnc1C(C)(C)CCCN1C[C@@H]2C[C@]2(c2ccc(C(F)(F)F)cc2)C1. The van der Waals surface area contributed by atoms with Crippen LogP contribution in [-0.4, -0.2) is 39.3 Å². The molecule has 0 amide bonds. The number of halogens is 4. The zero-order chi connectivity index (χ0) is 24.1. The monoisotopic (exact) mass is 504 g/mol. The summed E-state index contributed by atoms with van der Waals surface area (Å²) in [6.07, 6.45) is -1.17. The standard InChI is InChI=1S/C27H31F3N4.ClH/c1-25(2,24-32-31-23(33(24)3)19-8-5-4-6-9-19)14-7-15-34-17-22-16-26(22,18-34)20-10-12-21(13-11-20)27(28,29)30;/h4-6,8-13,22H,7,14-18H2,1-3H3;1H/t22-,26+;/m0./s1. The second kappa shape index (κ2) is 9.25. The fraction of sp³-hybridized carbons (Fsp3) is 0.481. The van der Waals surface area contributed by atoms with Crippen molar-refractivity contribution in [1.29, 1.82) is 0 Å². The summed E-state index contributed by atoms with van der Waals surface area (Å²) in [5.41, 5.74) is 1.49. The molecule has 0 N–H and O–H groups in total. The number of alkyl halides is 3. The summed E-state index contributed by atoms with van der Waals surface area (Å²) in [6.45, 7) is 7.40. The van der Waals surface area contributed by atoms with E-state index in [4.69, 9.17) is 0 Å². The van der Waals surface area contributed by atoms with Gasteiger partial charge >= 0.3 is 6.18 Å². The number of nitrogens with zero attached hydrogens (tertiary/aromatic N) is 4. The highest BCUT2D eigenvalue weighted by molar-refractivity contribution is 5.85. The first kappa shape index (κ1) is 25.7. The molecule has 1 saturated carbocycles. The summed E-state index contributed by atoms with van der Waals surface area (Å²) in [5, 5.41) is 8.98. The molecule has 1 saturated heterocycles. The van der Waals surface area contributed by atoms with Crippen LogP contribution in [0.1, 0.15) is 50.1 Å². The molecule has 4 nitrogen and oxygen atoms in total. The minimum Gasteiger partial charge on any atom is -0.314 e. The normalized spacial score (nSPS) is 22.1. The van der Waals surface area contributed by atoms with E-state index in [-0.39, 0.29) is 23.2 Å². The topological polar surface area (TPSA) is 34.0 Å². The maximum atomic E-state index is 12.9. The van der Waals surface area contributed by atoms with Crippen molar-refractivity contribution < 1.29 is 13.2 Å². The summed E-state index contributed by atoms with van der Waals surface area (Å²) in [6, 6.07) is 15.9. The van der Waals surface area contributed by atoms with Gasteiger partial charge in [0.25, 0.3) is 0 Å². The Morgan fingerprint density at radius 1 is 1.00 bits per heavy atom. The highest BCUT2D eigenvalue weighted by atomic mass is 35.5. The fourth-order valence-electron chi connectivity index (χ4n) is 5.81. The van der Waals surface area contributed by atoms with Crippen molar-refractivity contribution in [3.63, 3.8) is 0 Å². The number of rotatable bonds is 7. The highest BCUT2D eigenvalue weighted by Crippen LogP contribution is 2.59. The number of piperidine rings is 1. The molecule has 0 bridgehead atoms. The molecule has 1 aliphatic carbocycles. The summed E-state index contributed by atoms with van der Waals surface area (Å²) in [7, 11) is 2.03. The Hall–Kier alpha value is -2.38. The molecule has 2 fully saturated rings. The Bertz CT molecular complexity index is 1160. The quantitative estimate of drug-likeness (QED) is 0.381. The first-order valence-electron chi connectivity index (χ1n) is 12.0. The van der Waals surface area contributed by atoms with Crippen LogP contribution in [0.5, 0.6) is 0 Å².